The molecule has 0 fully saturated rings. The summed E-state index contributed by atoms with van der Waals surface area (Å²) in [5, 5.41) is 0. The molecule has 3 nitrogen and oxygen atoms in total. The zero-order chi connectivity index (χ0) is 15.0. The molecule has 0 aliphatic rings. The van der Waals surface area contributed by atoms with E-state index in [2.05, 4.69) is 65.1 Å². The van der Waals surface area contributed by atoms with Gasteiger partial charge in [-0.15, -0.1) is 0 Å². The van der Waals surface area contributed by atoms with Gasteiger partial charge in [-0.1, -0.05) is 0 Å². The molecular weight excluding hydrogens is 307 g/mol. The molecule has 4 heteroatoms. The number of rotatable bonds is 2. The molecule has 0 saturated carbocycles. The summed E-state index contributed by atoms with van der Waals surface area (Å²) in [7, 11) is 0. The standard InChI is InChI=1S/C16H23GeN3/c1-16(2,3)15-19-9-12(10-20-15)14-8-7-13(11-18-14)17(4,5)6/h7-11H,1-6H3. The summed E-state index contributed by atoms with van der Waals surface area (Å²) in [4.78, 5) is 13.5. The van der Waals surface area contributed by atoms with Crippen LogP contribution in [0, 0.1) is 0 Å². The van der Waals surface area contributed by atoms with Crippen molar-refractivity contribution in [3.8, 4) is 11.3 Å². The molecule has 2 aromatic heterocycles. The van der Waals surface area contributed by atoms with Crippen LogP contribution >= 0.6 is 0 Å². The molecule has 0 saturated heterocycles. The number of aromatic nitrogens is 3. The molecule has 0 aliphatic heterocycles. The molecule has 0 spiro atoms. The molecule has 0 aromatic carbocycles. The van der Waals surface area contributed by atoms with Crippen molar-refractivity contribution in [2.45, 2.75) is 43.5 Å². The van der Waals surface area contributed by atoms with E-state index in [1.807, 2.05) is 18.6 Å². The third kappa shape index (κ3) is 3.45. The van der Waals surface area contributed by atoms with Gasteiger partial charge < -0.3 is 0 Å². The van der Waals surface area contributed by atoms with Crippen LogP contribution in [0.4, 0.5) is 0 Å². The second kappa shape index (κ2) is 5.28. The molecule has 0 atom stereocenters. The van der Waals surface area contributed by atoms with E-state index in [4.69, 9.17) is 0 Å². The molecule has 106 valence electrons. The van der Waals surface area contributed by atoms with Crippen LogP contribution in [-0.4, -0.2) is 28.2 Å². The molecule has 0 N–H and O–H groups in total. The van der Waals surface area contributed by atoms with Gasteiger partial charge in [-0.2, -0.15) is 0 Å². The van der Waals surface area contributed by atoms with Gasteiger partial charge in [0, 0.05) is 0 Å². The van der Waals surface area contributed by atoms with E-state index >= 15 is 0 Å². The van der Waals surface area contributed by atoms with E-state index in [1.54, 1.807) is 0 Å². The Kier molecular flexibility index (Phi) is 4.00. The molecule has 2 aromatic rings. The average Bonchev–Trinajstić information content (AvgIpc) is 2.37. The SMILES string of the molecule is CC(C)(C)c1ncc(-c2cc[c]([Ge]([CH3])([CH3])[CH3])cn2)cn1. The van der Waals surface area contributed by atoms with Gasteiger partial charge in [0.2, 0.25) is 0 Å². The second-order valence-corrected chi connectivity index (χ2v) is 17.9. The topological polar surface area (TPSA) is 38.7 Å². The van der Waals surface area contributed by atoms with Gasteiger partial charge in [0.1, 0.15) is 0 Å². The van der Waals surface area contributed by atoms with Crippen molar-refractivity contribution >= 4 is 17.7 Å². The van der Waals surface area contributed by atoms with Crippen LogP contribution in [-0.2, 0) is 5.41 Å². The Morgan fingerprint density at radius 3 is 1.85 bits per heavy atom. The fraction of sp³-hybridized carbons (Fsp3) is 0.438. The number of pyridine rings is 1. The Hall–Kier alpha value is -1.23. The maximum absolute atomic E-state index is 4.57. The van der Waals surface area contributed by atoms with Crippen molar-refractivity contribution in [2.75, 3.05) is 0 Å². The van der Waals surface area contributed by atoms with Crippen LogP contribution in [0.1, 0.15) is 26.6 Å². The van der Waals surface area contributed by atoms with Gasteiger partial charge in [-0.25, -0.2) is 0 Å². The van der Waals surface area contributed by atoms with E-state index in [9.17, 15) is 0 Å². The summed E-state index contributed by atoms with van der Waals surface area (Å²) in [5.41, 5.74) is 1.90. The predicted molar refractivity (Wildman–Crippen MR) is 86.9 cm³/mol. The first-order valence-corrected chi connectivity index (χ1v) is 14.3. The number of nitrogens with zero attached hydrogens (tertiary/aromatic N) is 3. The Labute approximate surface area is 124 Å². The van der Waals surface area contributed by atoms with Gasteiger partial charge in [0.05, 0.1) is 0 Å². The van der Waals surface area contributed by atoms with E-state index < -0.39 is 13.3 Å². The van der Waals surface area contributed by atoms with Crippen LogP contribution < -0.4 is 4.40 Å². The van der Waals surface area contributed by atoms with Gasteiger partial charge in [0.15, 0.2) is 0 Å². The number of hydrogen-bond donors (Lipinski definition) is 0. The van der Waals surface area contributed by atoms with E-state index in [0.29, 0.717) is 0 Å². The van der Waals surface area contributed by atoms with Crippen LogP contribution in [0.2, 0.25) is 17.3 Å². The normalized spacial score (nSPS) is 12.5. The van der Waals surface area contributed by atoms with Crippen LogP contribution in [0.25, 0.3) is 11.3 Å². The van der Waals surface area contributed by atoms with Crippen molar-refractivity contribution in [1.29, 1.82) is 0 Å². The first kappa shape index (κ1) is 15.2. The molecule has 0 bridgehead atoms. The third-order valence-electron chi connectivity index (χ3n) is 3.25. The van der Waals surface area contributed by atoms with Crippen molar-refractivity contribution in [3.63, 3.8) is 0 Å². The Balaban J connectivity index is 2.29. The van der Waals surface area contributed by atoms with Gasteiger partial charge in [0.25, 0.3) is 0 Å². The minimum absolute atomic E-state index is 0.0182. The average molecular weight is 330 g/mol. The first-order chi connectivity index (χ1) is 9.18. The van der Waals surface area contributed by atoms with Crippen LogP contribution in [0.5, 0.6) is 0 Å². The molecule has 20 heavy (non-hydrogen) atoms. The van der Waals surface area contributed by atoms with E-state index in [-0.39, 0.29) is 5.41 Å². The minimum atomic E-state index is -1.78. The maximum atomic E-state index is 4.57. The summed E-state index contributed by atoms with van der Waals surface area (Å²) in [5.74, 6) is 7.98. The van der Waals surface area contributed by atoms with Crippen molar-refractivity contribution in [3.05, 3.63) is 36.5 Å². The summed E-state index contributed by atoms with van der Waals surface area (Å²) >= 11 is -1.78. The molecule has 0 aliphatic carbocycles. The summed E-state index contributed by atoms with van der Waals surface area (Å²) in [6.07, 6.45) is 5.76. The summed E-state index contributed by atoms with van der Waals surface area (Å²) < 4.78 is 1.42. The zero-order valence-electron chi connectivity index (χ0n) is 13.2. The van der Waals surface area contributed by atoms with Crippen LogP contribution in [0.3, 0.4) is 0 Å². The monoisotopic (exact) mass is 331 g/mol. The second-order valence-electron chi connectivity index (χ2n) is 7.23. The van der Waals surface area contributed by atoms with Crippen molar-refractivity contribution in [2.24, 2.45) is 0 Å². The molecular formula is C16H23GeN3. The van der Waals surface area contributed by atoms with Crippen LogP contribution in [0.15, 0.2) is 30.7 Å². The Morgan fingerprint density at radius 2 is 1.45 bits per heavy atom. The van der Waals surface area contributed by atoms with Crippen molar-refractivity contribution in [1.82, 2.24) is 15.0 Å². The van der Waals surface area contributed by atoms with E-state index in [0.717, 1.165) is 17.1 Å². The fourth-order valence-electron chi connectivity index (χ4n) is 1.86. The Morgan fingerprint density at radius 1 is 0.850 bits per heavy atom. The number of hydrogen-bond acceptors (Lipinski definition) is 3. The summed E-state index contributed by atoms with van der Waals surface area (Å²) in [6, 6.07) is 4.29. The predicted octanol–water partition coefficient (Wildman–Crippen LogP) is 3.38. The molecule has 0 amide bonds. The van der Waals surface area contributed by atoms with Gasteiger partial charge in [-0.3, -0.25) is 0 Å². The summed E-state index contributed by atoms with van der Waals surface area (Å²) in [6.45, 7) is 6.35. The van der Waals surface area contributed by atoms with Gasteiger partial charge in [-0.05, 0) is 0 Å². The molecule has 2 rings (SSSR count). The molecule has 0 radical (unpaired) electrons. The quantitative estimate of drug-likeness (QED) is 0.793. The van der Waals surface area contributed by atoms with Gasteiger partial charge >= 0.3 is 124 Å². The van der Waals surface area contributed by atoms with E-state index in [1.165, 1.54) is 4.40 Å². The third-order valence-corrected chi connectivity index (χ3v) is 7.50. The zero-order valence-corrected chi connectivity index (χ0v) is 15.3. The molecule has 2 heterocycles. The first-order valence-electron chi connectivity index (χ1n) is 6.97. The Bertz CT molecular complexity index is 520. The van der Waals surface area contributed by atoms with Crippen molar-refractivity contribution < 1.29 is 0 Å². The molecule has 0 unspecified atom stereocenters. The fourth-order valence-corrected chi connectivity index (χ4v) is 4.03.